The first-order valence-corrected chi connectivity index (χ1v) is 27.3. The van der Waals surface area contributed by atoms with Crippen LogP contribution in [0.5, 0.6) is 0 Å². The average Bonchev–Trinajstić information content (AvgIpc) is 3.00. The van der Waals surface area contributed by atoms with Gasteiger partial charge in [-0.2, -0.15) is 11.4 Å². The van der Waals surface area contributed by atoms with Crippen LogP contribution in [0.1, 0.15) is 155 Å². The second-order valence-corrected chi connectivity index (χ2v) is 28.0. The monoisotopic (exact) mass is 906 g/mol. The molecule has 0 amide bonds. The number of para-hydroxylation sites is 2. The van der Waals surface area contributed by atoms with Gasteiger partial charge in [0.1, 0.15) is 0 Å². The van der Waals surface area contributed by atoms with Crippen molar-refractivity contribution in [3.05, 3.63) is 97.5 Å². The van der Waals surface area contributed by atoms with Gasteiger partial charge in [-0.25, -0.2) is 0 Å². The van der Waals surface area contributed by atoms with Crippen LogP contribution >= 0.6 is 0 Å². The van der Waals surface area contributed by atoms with Gasteiger partial charge in [0.25, 0.3) is 0 Å². The van der Waals surface area contributed by atoms with Gasteiger partial charge in [-0.05, 0) is 59.8 Å². The van der Waals surface area contributed by atoms with E-state index in [2.05, 4.69) is 171 Å². The Bertz CT molecular complexity index is 1420. The maximum Gasteiger partial charge on any atom is 3.00 e. The minimum Gasteiger partial charge on any atom is -0.686 e. The standard InChI is InChI=1S/C40H58N4.C6H18NSi2.Sm/c1-25(2)33-17-15-18-34(26(3)4)39(33)43-31(11)23-29(9)41-37-21-13-14-22-38(37)42-30(10)24-32(12)44-40-35(27(5)6)19-16-20-36(40)28(7)8;1-8(2,3)7-9(4,5)6;/h15-20,23-28,37-38H,13-14,21-22H2,1-12H3;1-6H3;/q-2;-1;+3/b29-23-,30-24-,43-31?,44-32?;;/t37-,38-;;/m0../s1. The second-order valence-electron chi connectivity index (χ2n) is 18.4. The molecule has 0 aliphatic heterocycles. The third-order valence-corrected chi connectivity index (χ3v) is 14.6. The van der Waals surface area contributed by atoms with Crippen molar-refractivity contribution < 1.29 is 40.4 Å². The van der Waals surface area contributed by atoms with E-state index in [9.17, 15) is 0 Å². The van der Waals surface area contributed by atoms with Gasteiger partial charge < -0.3 is 15.3 Å². The van der Waals surface area contributed by atoms with E-state index in [4.69, 9.17) is 25.3 Å². The molecule has 0 aromatic heterocycles. The smallest absolute Gasteiger partial charge is 0.686 e. The average molecular weight is 906 g/mol. The summed E-state index contributed by atoms with van der Waals surface area (Å²) < 4.78 is 4.82. The number of nitrogens with zero attached hydrogens (tertiary/aromatic N) is 5. The Balaban J connectivity index is 0.00000129. The van der Waals surface area contributed by atoms with Crippen molar-refractivity contribution in [2.75, 3.05) is 0 Å². The zero-order valence-electron chi connectivity index (χ0n) is 37.6. The summed E-state index contributed by atoms with van der Waals surface area (Å²) in [7, 11) is -2.21. The quantitative estimate of drug-likeness (QED) is 0.134. The Morgan fingerprint density at radius 2 is 0.833 bits per heavy atom. The van der Waals surface area contributed by atoms with Crippen molar-refractivity contribution in [3.8, 4) is 0 Å². The first-order chi connectivity index (χ1) is 24.5. The summed E-state index contributed by atoms with van der Waals surface area (Å²) in [5, 5.41) is 10.4. The third kappa shape index (κ3) is 17.8. The maximum atomic E-state index is 5.21. The number of aliphatic imine (C=N–C) groups is 2. The second kappa shape index (κ2) is 23.1. The molecule has 1 aliphatic rings. The fraction of sp³-hybridized carbons (Fsp3) is 0.609. The molecule has 1 aliphatic carbocycles. The van der Waals surface area contributed by atoms with E-state index in [-0.39, 0.29) is 52.5 Å². The van der Waals surface area contributed by atoms with Crippen LogP contribution in [0, 0.1) is 40.4 Å². The molecule has 0 unspecified atom stereocenters. The van der Waals surface area contributed by atoms with Crippen molar-refractivity contribution in [1.82, 2.24) is 0 Å². The number of allylic oxidation sites excluding steroid dienone is 4. The van der Waals surface area contributed by atoms with E-state index < -0.39 is 16.5 Å². The van der Waals surface area contributed by atoms with Crippen LogP contribution in [0.25, 0.3) is 15.3 Å². The predicted molar refractivity (Wildman–Crippen MR) is 245 cm³/mol. The zero-order valence-corrected chi connectivity index (χ0v) is 42.2. The first kappa shape index (κ1) is 50.6. The topological polar surface area (TPSA) is 67.0 Å². The first-order valence-electron chi connectivity index (χ1n) is 20.4. The normalized spacial score (nSPS) is 17.8. The van der Waals surface area contributed by atoms with Crippen LogP contribution in [0.15, 0.2) is 69.9 Å². The van der Waals surface area contributed by atoms with Gasteiger partial charge >= 0.3 is 40.4 Å². The Morgan fingerprint density at radius 1 is 0.556 bits per heavy atom. The van der Waals surface area contributed by atoms with Crippen molar-refractivity contribution in [3.63, 3.8) is 0 Å². The number of hydrogen-bond donors (Lipinski definition) is 0. The van der Waals surface area contributed by atoms with Gasteiger partial charge in [0, 0.05) is 11.4 Å². The van der Waals surface area contributed by atoms with Crippen LogP contribution in [0.3, 0.4) is 0 Å². The number of benzene rings is 2. The minimum absolute atomic E-state index is 0. The van der Waals surface area contributed by atoms with Gasteiger partial charge in [-0.15, -0.1) is 12.1 Å². The van der Waals surface area contributed by atoms with Gasteiger partial charge in [0.15, 0.2) is 0 Å². The van der Waals surface area contributed by atoms with Crippen LogP contribution in [0.2, 0.25) is 39.3 Å². The summed E-state index contributed by atoms with van der Waals surface area (Å²) in [6.45, 7) is 40.2. The zero-order chi connectivity index (χ0) is 40.3. The van der Waals surface area contributed by atoms with E-state index in [0.717, 1.165) is 47.0 Å². The molecule has 2 aromatic carbocycles. The molecule has 0 bridgehead atoms. The summed E-state index contributed by atoms with van der Waals surface area (Å²) in [5.41, 5.74) is 11.5. The Kier molecular flexibility index (Phi) is 21.7. The molecule has 0 heterocycles. The molecule has 8 heteroatoms. The molecule has 0 saturated heterocycles. The molecule has 0 spiro atoms. The molecule has 2 atom stereocenters. The molecule has 3 rings (SSSR count). The van der Waals surface area contributed by atoms with Crippen molar-refractivity contribution in [1.29, 1.82) is 0 Å². The molecule has 2 aromatic rings. The number of rotatable bonds is 14. The van der Waals surface area contributed by atoms with Crippen LogP contribution in [-0.2, 0) is 0 Å². The molecule has 5 nitrogen and oxygen atoms in total. The molecule has 54 heavy (non-hydrogen) atoms. The van der Waals surface area contributed by atoms with E-state index in [0.29, 0.717) is 23.7 Å². The largest absolute Gasteiger partial charge is 3.00 e. The summed E-state index contributed by atoms with van der Waals surface area (Å²) in [5.74, 6) is 1.69. The van der Waals surface area contributed by atoms with Crippen molar-refractivity contribution in [2.45, 2.75) is 184 Å². The minimum atomic E-state index is -1.11. The van der Waals surface area contributed by atoms with E-state index in [1.54, 1.807) is 0 Å². The van der Waals surface area contributed by atoms with Gasteiger partial charge in [0.05, 0.1) is 11.4 Å². The fourth-order valence-electron chi connectivity index (χ4n) is 7.30. The Morgan fingerprint density at radius 3 is 1.06 bits per heavy atom. The van der Waals surface area contributed by atoms with Crippen molar-refractivity contribution >= 4 is 39.3 Å². The summed E-state index contributed by atoms with van der Waals surface area (Å²) in [6.07, 6.45) is 8.84. The Labute approximate surface area is 367 Å². The molecule has 299 valence electrons. The van der Waals surface area contributed by atoms with Gasteiger partial charge in [0.2, 0.25) is 0 Å². The summed E-state index contributed by atoms with van der Waals surface area (Å²) >= 11 is 0. The fourth-order valence-corrected chi connectivity index (χ4v) is 15.4. The SMILES string of the molecule is CC(/C=C(/C)[N-][C@H]1CCCC[C@@H]1[N-]/C(C)=C\C(C)=Nc1c(C(C)C)cccc1C(C)C)=Nc1c(C(C)C)cccc1C(C)C.C[Si](C)(C)[N-][Si](C)(C)C.[Sm+3]. The molecule has 0 N–H and O–H groups in total. The van der Waals surface area contributed by atoms with E-state index in [1.165, 1.54) is 35.1 Å². The van der Waals surface area contributed by atoms with E-state index >= 15 is 0 Å². The molecular formula is C46H76N5Si2Sm. The van der Waals surface area contributed by atoms with Gasteiger partial charge in [-0.1, -0.05) is 199 Å². The molecule has 1 radical (unpaired) electrons. The molecular weight excluding hydrogens is 829 g/mol. The third-order valence-electron chi connectivity index (χ3n) is 9.20. The van der Waals surface area contributed by atoms with Crippen LogP contribution < -0.4 is 0 Å². The molecule has 1 saturated carbocycles. The van der Waals surface area contributed by atoms with Crippen LogP contribution in [-0.4, -0.2) is 40.0 Å². The molecule has 1 fully saturated rings. The van der Waals surface area contributed by atoms with Gasteiger partial charge in [-0.3, -0.25) is 9.98 Å². The summed E-state index contributed by atoms with van der Waals surface area (Å²) in [4.78, 5) is 10.3. The summed E-state index contributed by atoms with van der Waals surface area (Å²) in [6, 6.07) is 13.6. The Hall–Kier alpha value is -1.41. The van der Waals surface area contributed by atoms with Crippen molar-refractivity contribution in [2.24, 2.45) is 9.98 Å². The predicted octanol–water partition coefficient (Wildman–Crippen LogP) is 16.0. The maximum absolute atomic E-state index is 5.21. The van der Waals surface area contributed by atoms with Crippen LogP contribution in [0.4, 0.5) is 11.4 Å². The number of hydrogen-bond acceptors (Lipinski definition) is 2. The van der Waals surface area contributed by atoms with E-state index in [1.807, 2.05) is 0 Å².